The van der Waals surface area contributed by atoms with Crippen molar-refractivity contribution in [3.8, 4) is 11.8 Å². The van der Waals surface area contributed by atoms with Crippen LogP contribution in [0, 0.1) is 17.3 Å². The molecule has 6 heteroatoms. The normalized spacial score (nSPS) is 17.5. The maximum Gasteiger partial charge on any atom is 0.241 e. The quantitative estimate of drug-likeness (QED) is 0.651. The fourth-order valence-corrected chi connectivity index (χ4v) is 2.58. The molecule has 0 aliphatic carbocycles. The summed E-state index contributed by atoms with van der Waals surface area (Å²) in [6.07, 6.45) is 2.13. The zero-order valence-corrected chi connectivity index (χ0v) is 11.6. The number of aliphatic hydroxyl groups excluding tert-OH is 1. The van der Waals surface area contributed by atoms with Crippen molar-refractivity contribution in [2.75, 3.05) is 11.5 Å². The lowest BCUT2D eigenvalue weighted by atomic mass is 9.92. The molecule has 0 spiro atoms. The van der Waals surface area contributed by atoms with Gasteiger partial charge in [-0.1, -0.05) is 37.0 Å². The summed E-state index contributed by atoms with van der Waals surface area (Å²) in [4.78, 5) is 29.9. The first kappa shape index (κ1) is 13.7. The van der Waals surface area contributed by atoms with Crippen molar-refractivity contribution < 1.29 is 14.7 Å². The second kappa shape index (κ2) is 5.11. The molecule has 1 aromatic rings. The summed E-state index contributed by atoms with van der Waals surface area (Å²) in [5.74, 6) is 5.17. The van der Waals surface area contributed by atoms with Crippen LogP contribution in [-0.4, -0.2) is 28.5 Å². The number of carbonyl (C=O) groups is 2. The molecular formula is C13H14N2O3S. The van der Waals surface area contributed by atoms with Crippen molar-refractivity contribution in [2.45, 2.75) is 26.7 Å². The highest BCUT2D eigenvalue weighted by atomic mass is 32.1. The van der Waals surface area contributed by atoms with Gasteiger partial charge in [0.1, 0.15) is 0 Å². The van der Waals surface area contributed by atoms with Crippen molar-refractivity contribution in [1.82, 2.24) is 4.98 Å². The van der Waals surface area contributed by atoms with E-state index in [9.17, 15) is 9.59 Å². The maximum absolute atomic E-state index is 12.1. The molecule has 0 radical (unpaired) electrons. The molecule has 0 unspecified atom stereocenters. The number of rotatable bonds is 2. The topological polar surface area (TPSA) is 70.5 Å². The SMILES string of the molecule is CC1(C)CC(=O)N(c2ncc(C#CCCO)s2)C1=O. The van der Waals surface area contributed by atoms with Gasteiger partial charge in [0.15, 0.2) is 5.13 Å². The van der Waals surface area contributed by atoms with E-state index in [4.69, 9.17) is 5.11 Å². The van der Waals surface area contributed by atoms with Crippen molar-refractivity contribution in [3.63, 3.8) is 0 Å². The van der Waals surface area contributed by atoms with Gasteiger partial charge in [-0.3, -0.25) is 9.59 Å². The van der Waals surface area contributed by atoms with E-state index in [1.165, 1.54) is 17.5 Å². The van der Waals surface area contributed by atoms with Crippen LogP contribution in [0.4, 0.5) is 5.13 Å². The fourth-order valence-electron chi connectivity index (χ4n) is 1.77. The van der Waals surface area contributed by atoms with Crippen molar-refractivity contribution in [1.29, 1.82) is 0 Å². The van der Waals surface area contributed by atoms with Gasteiger partial charge in [0.2, 0.25) is 11.8 Å². The first-order valence-electron chi connectivity index (χ1n) is 5.88. The van der Waals surface area contributed by atoms with Crippen LogP contribution in [0.5, 0.6) is 0 Å². The molecule has 0 aromatic carbocycles. The summed E-state index contributed by atoms with van der Waals surface area (Å²) in [5.41, 5.74) is -0.661. The zero-order valence-electron chi connectivity index (χ0n) is 10.8. The predicted molar refractivity (Wildman–Crippen MR) is 71.6 cm³/mol. The van der Waals surface area contributed by atoms with Crippen LogP contribution < -0.4 is 4.90 Å². The number of aromatic nitrogens is 1. The average molecular weight is 278 g/mol. The minimum Gasteiger partial charge on any atom is -0.395 e. The molecule has 1 aliphatic heterocycles. The smallest absolute Gasteiger partial charge is 0.241 e. The van der Waals surface area contributed by atoms with Crippen LogP contribution in [0.1, 0.15) is 31.6 Å². The van der Waals surface area contributed by atoms with Gasteiger partial charge in [0.25, 0.3) is 0 Å². The molecule has 1 N–H and O–H groups in total. The molecule has 1 aliphatic rings. The van der Waals surface area contributed by atoms with Crippen LogP contribution in [0.3, 0.4) is 0 Å². The third-order valence-electron chi connectivity index (χ3n) is 2.76. The molecule has 1 aromatic heterocycles. The highest BCUT2D eigenvalue weighted by Crippen LogP contribution is 2.36. The lowest BCUT2D eigenvalue weighted by Gasteiger charge is -2.14. The Bertz CT molecular complexity index is 580. The molecule has 0 saturated carbocycles. The van der Waals surface area contributed by atoms with E-state index in [0.717, 1.165) is 4.90 Å². The van der Waals surface area contributed by atoms with E-state index in [0.29, 0.717) is 16.4 Å². The minimum absolute atomic E-state index is 0.00987. The van der Waals surface area contributed by atoms with Gasteiger partial charge >= 0.3 is 0 Å². The number of hydrogen-bond acceptors (Lipinski definition) is 5. The Labute approximate surface area is 115 Å². The van der Waals surface area contributed by atoms with Gasteiger partial charge in [-0.15, -0.1) is 0 Å². The number of imide groups is 1. The molecular weight excluding hydrogens is 264 g/mol. The highest BCUT2D eigenvalue weighted by Gasteiger charge is 2.46. The van der Waals surface area contributed by atoms with Crippen LogP contribution in [-0.2, 0) is 9.59 Å². The second-order valence-electron chi connectivity index (χ2n) is 4.88. The average Bonchev–Trinajstić information content (AvgIpc) is 2.84. The number of aliphatic hydroxyl groups is 1. The summed E-state index contributed by atoms with van der Waals surface area (Å²) in [5, 5.41) is 9.01. The van der Waals surface area contributed by atoms with Gasteiger partial charge in [-0.25, -0.2) is 9.88 Å². The van der Waals surface area contributed by atoms with Gasteiger partial charge in [0.05, 0.1) is 23.1 Å². The molecule has 0 atom stereocenters. The van der Waals surface area contributed by atoms with Crippen molar-refractivity contribution >= 4 is 28.3 Å². The number of thiazole rings is 1. The van der Waals surface area contributed by atoms with E-state index in [-0.39, 0.29) is 24.8 Å². The fraction of sp³-hybridized carbons (Fsp3) is 0.462. The van der Waals surface area contributed by atoms with Crippen LogP contribution >= 0.6 is 11.3 Å². The molecule has 1 saturated heterocycles. The van der Waals surface area contributed by atoms with Gasteiger partial charge in [0, 0.05) is 12.8 Å². The summed E-state index contributed by atoms with van der Waals surface area (Å²) < 4.78 is 0. The molecule has 19 heavy (non-hydrogen) atoms. The van der Waals surface area contributed by atoms with Crippen molar-refractivity contribution in [3.05, 3.63) is 11.1 Å². The van der Waals surface area contributed by atoms with E-state index in [2.05, 4.69) is 16.8 Å². The summed E-state index contributed by atoms with van der Waals surface area (Å²) in [6.45, 7) is 3.52. The Hall–Kier alpha value is -1.71. The number of amides is 2. The van der Waals surface area contributed by atoms with Gasteiger partial charge < -0.3 is 5.11 Å². The molecule has 2 amide bonds. The molecule has 2 rings (SSSR count). The molecule has 5 nitrogen and oxygen atoms in total. The number of carbonyl (C=O) groups excluding carboxylic acids is 2. The zero-order chi connectivity index (χ0) is 14.0. The minimum atomic E-state index is -0.661. The van der Waals surface area contributed by atoms with Crippen LogP contribution in [0.25, 0.3) is 0 Å². The summed E-state index contributed by atoms with van der Waals surface area (Å²) in [6, 6.07) is 0. The summed E-state index contributed by atoms with van der Waals surface area (Å²) in [7, 11) is 0. The molecule has 2 heterocycles. The third-order valence-corrected chi connectivity index (χ3v) is 3.66. The number of hydrogen-bond donors (Lipinski definition) is 1. The Balaban J connectivity index is 2.22. The Morgan fingerprint density at radius 1 is 1.53 bits per heavy atom. The lowest BCUT2D eigenvalue weighted by molar-refractivity contribution is -0.124. The van der Waals surface area contributed by atoms with Gasteiger partial charge in [-0.05, 0) is 0 Å². The van der Waals surface area contributed by atoms with E-state index >= 15 is 0 Å². The van der Waals surface area contributed by atoms with E-state index < -0.39 is 5.41 Å². The lowest BCUT2D eigenvalue weighted by Crippen LogP contribution is -2.32. The first-order chi connectivity index (χ1) is 8.95. The maximum atomic E-state index is 12.1. The first-order valence-corrected chi connectivity index (χ1v) is 6.70. The van der Waals surface area contributed by atoms with Crippen LogP contribution in [0.15, 0.2) is 6.20 Å². The Kier molecular flexibility index (Phi) is 3.69. The third kappa shape index (κ3) is 2.67. The largest absolute Gasteiger partial charge is 0.395 e. The van der Waals surface area contributed by atoms with Gasteiger partial charge in [-0.2, -0.15) is 0 Å². The Morgan fingerprint density at radius 3 is 2.84 bits per heavy atom. The van der Waals surface area contributed by atoms with Crippen molar-refractivity contribution in [2.24, 2.45) is 5.41 Å². The van der Waals surface area contributed by atoms with E-state index in [1.54, 1.807) is 13.8 Å². The molecule has 100 valence electrons. The number of nitrogens with zero attached hydrogens (tertiary/aromatic N) is 2. The standard InChI is InChI=1S/C13H14N2O3S/c1-13(2)7-10(17)15(11(13)18)12-14-8-9(19-12)5-3-4-6-16/h8,16H,4,6-7H2,1-2H3. The van der Waals surface area contributed by atoms with E-state index in [1.807, 2.05) is 0 Å². The number of anilines is 1. The molecule has 0 bridgehead atoms. The van der Waals surface area contributed by atoms with Crippen LogP contribution in [0.2, 0.25) is 0 Å². The Morgan fingerprint density at radius 2 is 2.26 bits per heavy atom. The summed E-state index contributed by atoms with van der Waals surface area (Å²) >= 11 is 1.21. The highest BCUT2D eigenvalue weighted by molar-refractivity contribution is 7.16. The molecule has 1 fully saturated rings. The monoisotopic (exact) mass is 278 g/mol. The second-order valence-corrected chi connectivity index (χ2v) is 5.89. The predicted octanol–water partition coefficient (Wildman–Crippen LogP) is 1.17.